The molecule has 108 valence electrons. The first-order chi connectivity index (χ1) is 10.00. The van der Waals surface area contributed by atoms with Gasteiger partial charge in [-0.25, -0.2) is 5.06 Å². The van der Waals surface area contributed by atoms with Crippen molar-refractivity contribution < 1.29 is 4.84 Å². The van der Waals surface area contributed by atoms with Gasteiger partial charge in [0.1, 0.15) is 11.1 Å². The smallest absolute Gasteiger partial charge is 0.123 e. The molecule has 0 radical (unpaired) electrons. The van der Waals surface area contributed by atoms with E-state index in [1.807, 2.05) is 54.6 Å². The molecule has 1 aliphatic heterocycles. The van der Waals surface area contributed by atoms with Crippen LogP contribution in [0.5, 0.6) is 0 Å². The molecule has 1 unspecified atom stereocenters. The fourth-order valence-corrected chi connectivity index (χ4v) is 2.90. The summed E-state index contributed by atoms with van der Waals surface area (Å²) in [6, 6.07) is 17.7. The molecule has 2 aromatic rings. The van der Waals surface area contributed by atoms with Crippen molar-refractivity contribution >= 4 is 34.5 Å². The number of anilines is 1. The van der Waals surface area contributed by atoms with Gasteiger partial charge >= 0.3 is 0 Å². The van der Waals surface area contributed by atoms with Gasteiger partial charge in [0.05, 0.1) is 11.1 Å². The minimum Gasteiger partial charge on any atom is -0.259 e. The molecule has 1 atom stereocenters. The Hall–Kier alpha value is -1.42. The van der Waals surface area contributed by atoms with Gasteiger partial charge in [-0.15, -0.1) is 0 Å². The van der Waals surface area contributed by atoms with Crippen molar-refractivity contribution in [2.24, 2.45) is 5.41 Å². The van der Waals surface area contributed by atoms with Crippen LogP contribution in [0.25, 0.3) is 0 Å². The highest BCUT2D eigenvalue weighted by molar-refractivity contribution is 7.80. The fraction of sp³-hybridized carbons (Fsp3) is 0.235. The molecule has 1 heterocycles. The Balaban J connectivity index is 1.96. The number of rotatable bonds is 2. The number of thiocarbonyl (C=S) groups is 1. The third kappa shape index (κ3) is 2.57. The molecule has 0 bridgehead atoms. The second-order valence-corrected chi connectivity index (χ2v) is 6.52. The molecule has 4 heteroatoms. The van der Waals surface area contributed by atoms with Gasteiger partial charge in [-0.3, -0.25) is 4.84 Å². The summed E-state index contributed by atoms with van der Waals surface area (Å²) in [5.41, 5.74) is 1.76. The van der Waals surface area contributed by atoms with E-state index in [0.29, 0.717) is 0 Å². The second kappa shape index (κ2) is 5.41. The van der Waals surface area contributed by atoms with Gasteiger partial charge in [0, 0.05) is 5.02 Å². The van der Waals surface area contributed by atoms with Crippen LogP contribution < -0.4 is 5.06 Å². The average Bonchev–Trinajstić information content (AvgIpc) is 2.72. The number of para-hydroxylation sites is 1. The van der Waals surface area contributed by atoms with E-state index in [1.165, 1.54) is 0 Å². The summed E-state index contributed by atoms with van der Waals surface area (Å²) >= 11 is 11.6. The lowest BCUT2D eigenvalue weighted by Gasteiger charge is -2.22. The summed E-state index contributed by atoms with van der Waals surface area (Å²) in [6.07, 6.45) is -0.123. The van der Waals surface area contributed by atoms with Crippen molar-refractivity contribution in [1.29, 1.82) is 0 Å². The quantitative estimate of drug-likeness (QED) is 0.707. The number of hydroxylamine groups is 1. The number of nitrogens with zero attached hydrogens (tertiary/aromatic N) is 1. The Morgan fingerprint density at radius 3 is 2.29 bits per heavy atom. The first-order valence-electron chi connectivity index (χ1n) is 6.82. The Labute approximate surface area is 135 Å². The first kappa shape index (κ1) is 14.5. The third-order valence-corrected chi connectivity index (χ3v) is 4.71. The molecule has 2 nitrogen and oxygen atoms in total. The molecule has 1 saturated heterocycles. The first-order valence-corrected chi connectivity index (χ1v) is 7.60. The fourth-order valence-electron chi connectivity index (χ4n) is 2.52. The molecule has 0 spiro atoms. The maximum atomic E-state index is 6.15. The van der Waals surface area contributed by atoms with E-state index in [4.69, 9.17) is 28.7 Å². The molecule has 0 N–H and O–H groups in total. The molecule has 21 heavy (non-hydrogen) atoms. The summed E-state index contributed by atoms with van der Waals surface area (Å²) in [6.45, 7) is 4.22. The number of benzene rings is 2. The van der Waals surface area contributed by atoms with Gasteiger partial charge < -0.3 is 0 Å². The van der Waals surface area contributed by atoms with E-state index < -0.39 is 0 Å². The largest absolute Gasteiger partial charge is 0.259 e. The maximum Gasteiger partial charge on any atom is 0.123 e. The molecule has 0 amide bonds. The summed E-state index contributed by atoms with van der Waals surface area (Å²) in [7, 11) is 0. The van der Waals surface area contributed by atoms with Crippen LogP contribution in [0.3, 0.4) is 0 Å². The van der Waals surface area contributed by atoms with Crippen molar-refractivity contribution in [3.05, 3.63) is 65.2 Å². The van der Waals surface area contributed by atoms with Crippen molar-refractivity contribution in [3.63, 3.8) is 0 Å². The summed E-state index contributed by atoms with van der Waals surface area (Å²) < 4.78 is 0. The van der Waals surface area contributed by atoms with E-state index in [2.05, 4.69) is 13.8 Å². The molecule has 3 rings (SSSR count). The van der Waals surface area contributed by atoms with E-state index in [1.54, 1.807) is 5.06 Å². The molecule has 1 aliphatic rings. The predicted octanol–water partition coefficient (Wildman–Crippen LogP) is 5.19. The van der Waals surface area contributed by atoms with Crippen LogP contribution in [0.4, 0.5) is 5.69 Å². The molecular weight excluding hydrogens is 302 g/mol. The number of hydrogen-bond acceptors (Lipinski definition) is 2. The molecular formula is C17H16ClNOS. The zero-order valence-electron chi connectivity index (χ0n) is 11.9. The van der Waals surface area contributed by atoms with E-state index in [0.717, 1.165) is 21.3 Å². The standard InChI is InChI=1S/C17H16ClNOS/c1-17(2)15(12-8-10-13(18)11-9-12)20-19(16(17)21)14-6-4-3-5-7-14/h3-11,15H,1-2H3. The van der Waals surface area contributed by atoms with Gasteiger partial charge in [-0.2, -0.15) is 0 Å². The van der Waals surface area contributed by atoms with E-state index >= 15 is 0 Å². The van der Waals surface area contributed by atoms with Crippen molar-refractivity contribution in [2.45, 2.75) is 20.0 Å². The van der Waals surface area contributed by atoms with Crippen LogP contribution >= 0.6 is 23.8 Å². The van der Waals surface area contributed by atoms with E-state index in [9.17, 15) is 0 Å². The minimum absolute atomic E-state index is 0.123. The SMILES string of the molecule is CC1(C)C(=S)N(c2ccccc2)OC1c1ccc(Cl)cc1. The molecule has 0 aromatic heterocycles. The second-order valence-electron chi connectivity index (χ2n) is 5.69. The Morgan fingerprint density at radius 1 is 1.05 bits per heavy atom. The Kier molecular flexibility index (Phi) is 3.74. The van der Waals surface area contributed by atoms with Crippen LogP contribution in [-0.2, 0) is 4.84 Å². The van der Waals surface area contributed by atoms with Crippen molar-refractivity contribution in [1.82, 2.24) is 0 Å². The molecule has 0 saturated carbocycles. The van der Waals surface area contributed by atoms with Gasteiger partial charge in [-0.1, -0.05) is 68.0 Å². The average molecular weight is 318 g/mol. The van der Waals surface area contributed by atoms with E-state index in [-0.39, 0.29) is 11.5 Å². The van der Waals surface area contributed by atoms with Crippen LogP contribution in [0.1, 0.15) is 25.5 Å². The summed E-state index contributed by atoms with van der Waals surface area (Å²) in [5, 5.41) is 2.48. The van der Waals surface area contributed by atoms with Crippen molar-refractivity contribution in [3.8, 4) is 0 Å². The predicted molar refractivity (Wildman–Crippen MR) is 90.6 cm³/mol. The summed E-state index contributed by atoms with van der Waals surface area (Å²) in [4.78, 5) is 6.94. The zero-order chi connectivity index (χ0) is 15.0. The van der Waals surface area contributed by atoms with Gasteiger partial charge in [0.15, 0.2) is 0 Å². The normalized spacial score (nSPS) is 20.8. The van der Waals surface area contributed by atoms with Crippen molar-refractivity contribution in [2.75, 3.05) is 5.06 Å². The molecule has 2 aromatic carbocycles. The summed E-state index contributed by atoms with van der Waals surface area (Å²) in [5.74, 6) is 0. The topological polar surface area (TPSA) is 12.5 Å². The lowest BCUT2D eigenvalue weighted by Crippen LogP contribution is -2.29. The van der Waals surface area contributed by atoms with Gasteiger partial charge in [0.25, 0.3) is 0 Å². The van der Waals surface area contributed by atoms with Crippen LogP contribution in [-0.4, -0.2) is 4.99 Å². The van der Waals surface area contributed by atoms with Crippen LogP contribution in [0.2, 0.25) is 5.02 Å². The van der Waals surface area contributed by atoms with Crippen LogP contribution in [0.15, 0.2) is 54.6 Å². The minimum atomic E-state index is -0.265. The van der Waals surface area contributed by atoms with Gasteiger partial charge in [-0.05, 0) is 29.8 Å². The van der Waals surface area contributed by atoms with Crippen LogP contribution in [0, 0.1) is 5.41 Å². The maximum absolute atomic E-state index is 6.15. The monoisotopic (exact) mass is 317 g/mol. The molecule has 0 aliphatic carbocycles. The zero-order valence-corrected chi connectivity index (χ0v) is 13.5. The highest BCUT2D eigenvalue weighted by Gasteiger charge is 2.47. The highest BCUT2D eigenvalue weighted by Crippen LogP contribution is 2.46. The lowest BCUT2D eigenvalue weighted by molar-refractivity contribution is 0.0474. The Morgan fingerprint density at radius 2 is 1.67 bits per heavy atom. The third-order valence-electron chi connectivity index (χ3n) is 3.77. The highest BCUT2D eigenvalue weighted by atomic mass is 35.5. The number of hydrogen-bond donors (Lipinski definition) is 0. The Bertz CT molecular complexity index is 654. The van der Waals surface area contributed by atoms with Gasteiger partial charge in [0.2, 0.25) is 0 Å². The number of halogens is 1. The lowest BCUT2D eigenvalue weighted by atomic mass is 9.83. The molecule has 1 fully saturated rings.